The van der Waals surface area contributed by atoms with E-state index in [0.29, 0.717) is 12.3 Å². The Bertz CT molecular complexity index is 905. The molecule has 0 saturated heterocycles. The first-order chi connectivity index (χ1) is 12.3. The minimum atomic E-state index is -0.258. The second-order valence-corrected chi connectivity index (χ2v) is 7.70. The Kier molecular flexibility index (Phi) is 4.94. The van der Waals surface area contributed by atoms with E-state index < -0.39 is 0 Å². The van der Waals surface area contributed by atoms with Crippen LogP contribution in [0.25, 0.3) is 16.9 Å². The highest BCUT2D eigenvalue weighted by molar-refractivity contribution is 5.73. The van der Waals surface area contributed by atoms with E-state index in [-0.39, 0.29) is 11.4 Å². The van der Waals surface area contributed by atoms with Crippen LogP contribution in [0, 0.1) is 12.3 Å². The summed E-state index contributed by atoms with van der Waals surface area (Å²) in [4.78, 5) is 12.4. The molecule has 0 radical (unpaired) electrons. The van der Waals surface area contributed by atoms with Crippen molar-refractivity contribution in [3.05, 3.63) is 66.2 Å². The Labute approximate surface area is 154 Å². The molecular formula is C22H24N2O2. The summed E-state index contributed by atoms with van der Waals surface area (Å²) in [6, 6.07) is 19.7. The fraction of sp³-hybridized carbons (Fsp3) is 0.273. The van der Waals surface area contributed by atoms with Gasteiger partial charge in [0.1, 0.15) is 0 Å². The maximum absolute atomic E-state index is 12.4. The van der Waals surface area contributed by atoms with Gasteiger partial charge in [-0.1, -0.05) is 63.2 Å². The molecule has 0 unspecified atom stereocenters. The molecule has 0 aliphatic heterocycles. The van der Waals surface area contributed by atoms with Crippen molar-refractivity contribution in [2.24, 2.45) is 5.41 Å². The van der Waals surface area contributed by atoms with Gasteiger partial charge in [0, 0.05) is 11.6 Å². The van der Waals surface area contributed by atoms with Crippen LogP contribution in [-0.2, 0) is 4.79 Å². The van der Waals surface area contributed by atoms with Gasteiger partial charge in [0.05, 0.1) is 17.8 Å². The summed E-state index contributed by atoms with van der Waals surface area (Å²) < 4.78 is 7.37. The molecule has 26 heavy (non-hydrogen) atoms. The van der Waals surface area contributed by atoms with Gasteiger partial charge >= 0.3 is 5.97 Å². The van der Waals surface area contributed by atoms with E-state index in [1.54, 1.807) is 4.68 Å². The molecule has 0 bridgehead atoms. The lowest BCUT2D eigenvalue weighted by Gasteiger charge is -2.16. The molecule has 0 N–H and O–H groups in total. The number of hydrogen-bond acceptors (Lipinski definition) is 3. The maximum Gasteiger partial charge on any atom is 0.313 e. The quantitative estimate of drug-likeness (QED) is 0.610. The minimum absolute atomic E-state index is 0.131. The molecule has 4 heteroatoms. The van der Waals surface area contributed by atoms with Crippen molar-refractivity contribution in [1.82, 2.24) is 9.78 Å². The number of rotatable bonds is 4. The summed E-state index contributed by atoms with van der Waals surface area (Å²) >= 11 is 0. The second-order valence-electron chi connectivity index (χ2n) is 7.70. The van der Waals surface area contributed by atoms with Crippen molar-refractivity contribution in [3.63, 3.8) is 0 Å². The van der Waals surface area contributed by atoms with E-state index in [1.165, 1.54) is 0 Å². The summed E-state index contributed by atoms with van der Waals surface area (Å²) in [7, 11) is 0. The van der Waals surface area contributed by atoms with Crippen LogP contribution in [0.5, 0.6) is 5.88 Å². The normalized spacial score (nSPS) is 11.4. The van der Waals surface area contributed by atoms with Crippen LogP contribution in [0.3, 0.4) is 0 Å². The number of benzene rings is 2. The number of aryl methyl sites for hydroxylation is 1. The zero-order valence-electron chi connectivity index (χ0n) is 15.7. The van der Waals surface area contributed by atoms with Gasteiger partial charge in [-0.2, -0.15) is 5.10 Å². The van der Waals surface area contributed by atoms with Crippen molar-refractivity contribution < 1.29 is 9.53 Å². The molecule has 0 spiro atoms. The van der Waals surface area contributed by atoms with Crippen LogP contribution in [0.2, 0.25) is 0 Å². The third-order valence-electron chi connectivity index (χ3n) is 3.89. The lowest BCUT2D eigenvalue weighted by Crippen LogP contribution is -2.18. The number of hydrogen-bond donors (Lipinski definition) is 0. The number of esters is 1. The highest BCUT2D eigenvalue weighted by atomic mass is 16.5. The molecule has 1 heterocycles. The van der Waals surface area contributed by atoms with Gasteiger partial charge in [-0.15, -0.1) is 0 Å². The molecule has 0 aliphatic carbocycles. The van der Waals surface area contributed by atoms with Crippen molar-refractivity contribution in [3.8, 4) is 22.8 Å². The predicted octanol–water partition coefficient (Wildman–Crippen LogP) is 5.19. The zero-order valence-corrected chi connectivity index (χ0v) is 15.7. The van der Waals surface area contributed by atoms with Crippen molar-refractivity contribution in [1.29, 1.82) is 0 Å². The third-order valence-corrected chi connectivity index (χ3v) is 3.89. The number of nitrogens with zero attached hydrogens (tertiary/aromatic N) is 2. The molecule has 3 rings (SSSR count). The van der Waals surface area contributed by atoms with Crippen molar-refractivity contribution in [2.75, 3.05) is 0 Å². The number of aromatic nitrogens is 2. The minimum Gasteiger partial charge on any atom is -0.407 e. The van der Waals surface area contributed by atoms with Crippen molar-refractivity contribution in [2.45, 2.75) is 34.1 Å². The first-order valence-electron chi connectivity index (χ1n) is 8.75. The average molecular weight is 348 g/mol. The Morgan fingerprint density at radius 2 is 1.77 bits per heavy atom. The second kappa shape index (κ2) is 7.16. The van der Waals surface area contributed by atoms with Gasteiger partial charge in [0.25, 0.3) is 0 Å². The molecule has 0 aliphatic rings. The summed E-state index contributed by atoms with van der Waals surface area (Å²) in [6.07, 6.45) is 0.340. The monoisotopic (exact) mass is 348 g/mol. The van der Waals surface area contributed by atoms with Crippen LogP contribution in [-0.4, -0.2) is 15.7 Å². The van der Waals surface area contributed by atoms with E-state index in [9.17, 15) is 4.79 Å². The average Bonchev–Trinajstić information content (AvgIpc) is 2.97. The molecular weight excluding hydrogens is 324 g/mol. The van der Waals surface area contributed by atoms with Crippen molar-refractivity contribution >= 4 is 5.97 Å². The van der Waals surface area contributed by atoms with Crippen LogP contribution in [0.1, 0.15) is 32.8 Å². The molecule has 0 fully saturated rings. The predicted molar refractivity (Wildman–Crippen MR) is 103 cm³/mol. The number of carbonyl (C=O) groups is 1. The Balaban J connectivity index is 2.01. The van der Waals surface area contributed by atoms with E-state index in [0.717, 1.165) is 22.5 Å². The SMILES string of the molecule is Cc1cccc(-n2nc(-c3ccccc3)cc2OC(=O)CC(C)(C)C)c1. The van der Waals surface area contributed by atoms with Crippen LogP contribution >= 0.6 is 0 Å². The number of ether oxygens (including phenoxy) is 1. The molecule has 0 amide bonds. The van der Waals surface area contributed by atoms with Gasteiger partial charge in [-0.05, 0) is 30.0 Å². The molecule has 1 aromatic heterocycles. The van der Waals surface area contributed by atoms with Crippen LogP contribution in [0.15, 0.2) is 60.7 Å². The summed E-state index contributed by atoms with van der Waals surface area (Å²) in [5.74, 6) is 0.176. The molecule has 2 aromatic carbocycles. The summed E-state index contributed by atoms with van der Waals surface area (Å²) in [5.41, 5.74) is 3.60. The van der Waals surface area contributed by atoms with E-state index >= 15 is 0 Å². The standard InChI is InChI=1S/C22H24N2O2/c1-16-9-8-12-18(13-16)24-20(26-21(25)15-22(2,3)4)14-19(23-24)17-10-6-5-7-11-17/h5-14H,15H2,1-4H3. The smallest absolute Gasteiger partial charge is 0.313 e. The Hall–Kier alpha value is -2.88. The van der Waals surface area contributed by atoms with Gasteiger partial charge in [0.15, 0.2) is 0 Å². The molecule has 0 saturated carbocycles. The first-order valence-corrected chi connectivity index (χ1v) is 8.75. The first kappa shape index (κ1) is 17.9. The third kappa shape index (κ3) is 4.39. The van der Waals surface area contributed by atoms with Crippen LogP contribution in [0.4, 0.5) is 0 Å². The number of carbonyl (C=O) groups excluding carboxylic acids is 1. The summed E-state index contributed by atoms with van der Waals surface area (Å²) in [6.45, 7) is 8.07. The Morgan fingerprint density at radius 1 is 1.04 bits per heavy atom. The lowest BCUT2D eigenvalue weighted by molar-refractivity contribution is -0.136. The largest absolute Gasteiger partial charge is 0.407 e. The summed E-state index contributed by atoms with van der Waals surface area (Å²) in [5, 5.41) is 4.68. The molecule has 0 atom stereocenters. The van der Waals surface area contributed by atoms with Gasteiger partial charge in [-0.25, -0.2) is 4.68 Å². The Morgan fingerprint density at radius 3 is 2.42 bits per heavy atom. The highest BCUT2D eigenvalue weighted by Crippen LogP contribution is 2.28. The van der Waals surface area contributed by atoms with E-state index in [4.69, 9.17) is 4.74 Å². The van der Waals surface area contributed by atoms with Gasteiger partial charge in [-0.3, -0.25) is 4.79 Å². The lowest BCUT2D eigenvalue weighted by atomic mass is 9.92. The highest BCUT2D eigenvalue weighted by Gasteiger charge is 2.20. The van der Waals surface area contributed by atoms with Crippen LogP contribution < -0.4 is 4.74 Å². The van der Waals surface area contributed by atoms with E-state index in [1.807, 2.05) is 88.4 Å². The van der Waals surface area contributed by atoms with Gasteiger partial charge in [0.2, 0.25) is 5.88 Å². The molecule has 134 valence electrons. The van der Waals surface area contributed by atoms with E-state index in [2.05, 4.69) is 5.10 Å². The molecule has 3 aromatic rings. The van der Waals surface area contributed by atoms with Gasteiger partial charge < -0.3 is 4.74 Å². The molecule has 4 nitrogen and oxygen atoms in total. The fourth-order valence-electron chi connectivity index (χ4n) is 2.72. The topological polar surface area (TPSA) is 44.1 Å². The fourth-order valence-corrected chi connectivity index (χ4v) is 2.72. The maximum atomic E-state index is 12.4. The zero-order chi connectivity index (χ0) is 18.7.